The van der Waals surface area contributed by atoms with Gasteiger partial charge in [0.1, 0.15) is 3.61 Å². The van der Waals surface area contributed by atoms with Gasteiger partial charge >= 0.3 is 0 Å². The van der Waals surface area contributed by atoms with E-state index in [1.165, 1.54) is 0 Å². The van der Waals surface area contributed by atoms with E-state index >= 15 is 0 Å². The van der Waals surface area contributed by atoms with Crippen molar-refractivity contribution in [2.45, 2.75) is 7.53 Å². The molecule has 1 aliphatic carbocycles. The fraction of sp³-hybridized carbons (Fsp3) is 0.286. The van der Waals surface area contributed by atoms with E-state index in [2.05, 4.69) is 22.6 Å². The molecule has 0 fully saturated rings. The Balaban J connectivity index is 2.90. The summed E-state index contributed by atoms with van der Waals surface area (Å²) >= 11 is 4.05. The van der Waals surface area contributed by atoms with Crippen LogP contribution in [0.5, 0.6) is 0 Å². The first-order valence-corrected chi connectivity index (χ1v) is 5.25. The van der Waals surface area contributed by atoms with Crippen LogP contribution in [0.3, 0.4) is 0 Å². The molecule has 0 aromatic carbocycles. The highest BCUT2D eigenvalue weighted by atomic mass is 127. The molecule has 0 spiro atoms. The van der Waals surface area contributed by atoms with Gasteiger partial charge in [-0.3, -0.25) is 0 Å². The van der Waals surface area contributed by atoms with Crippen LogP contribution < -0.4 is 0 Å². The second-order valence-electron chi connectivity index (χ2n) is 2.20. The summed E-state index contributed by atoms with van der Waals surface area (Å²) in [5, 5.41) is 18.1. The van der Waals surface area contributed by atoms with Gasteiger partial charge in [-0.2, -0.15) is 5.26 Å². The van der Waals surface area contributed by atoms with Crippen LogP contribution in [-0.2, 0) is 0 Å². The molecule has 0 saturated heterocycles. The van der Waals surface area contributed by atoms with Crippen molar-refractivity contribution in [3.8, 4) is 6.07 Å². The molecule has 0 saturated carbocycles. The van der Waals surface area contributed by atoms with Crippen LogP contribution in [-0.4, -0.2) is 12.6 Å². The Hall–Kier alpha value is 0.390. The molecule has 0 heterocycles. The minimum Gasteiger partial charge on any atom is -0.375 e. The third-order valence-corrected chi connectivity index (χ3v) is 4.87. The van der Waals surface area contributed by atoms with Gasteiger partial charge < -0.3 is 5.11 Å². The summed E-state index contributed by atoms with van der Waals surface area (Å²) in [6, 6.07) is 2.03. The van der Waals surface area contributed by atoms with Gasteiger partial charge in [0.2, 0.25) is 0 Å². The summed E-state index contributed by atoms with van der Waals surface area (Å²) in [6.07, 6.45) is 5.04. The Morgan fingerprint density at radius 2 is 2.36 bits per heavy atom. The van der Waals surface area contributed by atoms with E-state index in [0.29, 0.717) is 5.57 Å². The van der Waals surface area contributed by atoms with Gasteiger partial charge in [-0.15, -0.1) is 0 Å². The van der Waals surface area contributed by atoms with Gasteiger partial charge in [-0.05, 0) is 40.8 Å². The Kier molecular flexibility index (Phi) is 2.94. The first-order chi connectivity index (χ1) is 5.06. The predicted octanol–water partition coefficient (Wildman–Crippen LogP) is 1.93. The maximum absolute atomic E-state index is 9.59. The van der Waals surface area contributed by atoms with Gasteiger partial charge in [0, 0.05) is 5.57 Å². The topological polar surface area (TPSA) is 44.0 Å². The number of alkyl halides is 2. The van der Waals surface area contributed by atoms with Gasteiger partial charge in [-0.25, -0.2) is 0 Å². The highest BCUT2D eigenvalue weighted by Crippen LogP contribution is 2.32. The molecule has 4 heteroatoms. The molecule has 2 atom stereocenters. The summed E-state index contributed by atoms with van der Waals surface area (Å²) in [5.74, 6) is 0. The van der Waals surface area contributed by atoms with Crippen molar-refractivity contribution in [3.05, 3.63) is 23.8 Å². The number of nitriles is 1. The zero-order valence-corrected chi connectivity index (χ0v) is 9.77. The summed E-state index contributed by atoms with van der Waals surface area (Å²) in [5.41, 5.74) is 0.616. The SMILES string of the molecule is N#CC1=CC(I)C(O)(I)C=C1. The minimum absolute atomic E-state index is 0.0275. The fourth-order valence-corrected chi connectivity index (χ4v) is 1.66. The Bertz CT molecular complexity index is 262. The van der Waals surface area contributed by atoms with Crippen molar-refractivity contribution in [1.82, 2.24) is 0 Å². The van der Waals surface area contributed by atoms with E-state index in [1.54, 1.807) is 18.2 Å². The Morgan fingerprint density at radius 1 is 1.73 bits per heavy atom. The number of aliphatic hydroxyl groups is 1. The molecule has 58 valence electrons. The smallest absolute Gasteiger partial charge is 0.149 e. The number of hydrogen-bond acceptors (Lipinski definition) is 2. The number of halogens is 2. The van der Waals surface area contributed by atoms with E-state index in [0.717, 1.165) is 0 Å². The average molecular weight is 373 g/mol. The lowest BCUT2D eigenvalue weighted by molar-refractivity contribution is 0.217. The lowest BCUT2D eigenvalue weighted by atomic mass is 10.1. The van der Waals surface area contributed by atoms with E-state index in [-0.39, 0.29) is 3.92 Å². The van der Waals surface area contributed by atoms with Crippen molar-refractivity contribution in [2.75, 3.05) is 0 Å². The monoisotopic (exact) mass is 373 g/mol. The maximum atomic E-state index is 9.59. The molecule has 0 aromatic rings. The number of hydrogen-bond donors (Lipinski definition) is 1. The van der Waals surface area contributed by atoms with E-state index in [1.807, 2.05) is 28.7 Å². The number of rotatable bonds is 0. The minimum atomic E-state index is -0.835. The molecular weight excluding hydrogens is 368 g/mol. The molecule has 0 aliphatic heterocycles. The van der Waals surface area contributed by atoms with Crippen LogP contribution in [0.1, 0.15) is 0 Å². The van der Waals surface area contributed by atoms with E-state index < -0.39 is 3.61 Å². The summed E-state index contributed by atoms with van der Waals surface area (Å²) in [4.78, 5) is 0. The highest BCUT2D eigenvalue weighted by molar-refractivity contribution is 14.1. The number of allylic oxidation sites excluding steroid dienone is 2. The molecule has 2 unspecified atom stereocenters. The van der Waals surface area contributed by atoms with Crippen LogP contribution in [0.15, 0.2) is 23.8 Å². The molecule has 11 heavy (non-hydrogen) atoms. The molecule has 0 bridgehead atoms. The third kappa shape index (κ3) is 2.16. The Labute approximate surface area is 92.3 Å². The van der Waals surface area contributed by atoms with Crippen molar-refractivity contribution < 1.29 is 5.11 Å². The second-order valence-corrected chi connectivity index (χ2v) is 5.27. The second kappa shape index (κ2) is 3.41. The summed E-state index contributed by atoms with van der Waals surface area (Å²) < 4.78 is -0.862. The summed E-state index contributed by atoms with van der Waals surface area (Å²) in [6.45, 7) is 0. The molecular formula is C7H5I2NO. The average Bonchev–Trinajstić information content (AvgIpc) is 1.95. The largest absolute Gasteiger partial charge is 0.375 e. The highest BCUT2D eigenvalue weighted by Gasteiger charge is 2.29. The maximum Gasteiger partial charge on any atom is 0.149 e. The van der Waals surface area contributed by atoms with Crippen molar-refractivity contribution >= 4 is 45.2 Å². The van der Waals surface area contributed by atoms with Gasteiger partial charge in [0.25, 0.3) is 0 Å². The van der Waals surface area contributed by atoms with Gasteiger partial charge in [0.05, 0.1) is 9.99 Å². The molecule has 1 rings (SSSR count). The molecule has 0 aromatic heterocycles. The van der Waals surface area contributed by atoms with Crippen LogP contribution in [0.25, 0.3) is 0 Å². The van der Waals surface area contributed by atoms with Crippen LogP contribution in [0.2, 0.25) is 0 Å². The first kappa shape index (κ1) is 9.48. The van der Waals surface area contributed by atoms with E-state index in [4.69, 9.17) is 5.26 Å². The lowest BCUT2D eigenvalue weighted by Gasteiger charge is -2.23. The van der Waals surface area contributed by atoms with E-state index in [9.17, 15) is 5.11 Å². The van der Waals surface area contributed by atoms with Crippen LogP contribution in [0, 0.1) is 11.3 Å². The van der Waals surface area contributed by atoms with Gasteiger partial charge in [0.15, 0.2) is 0 Å². The van der Waals surface area contributed by atoms with Crippen LogP contribution >= 0.6 is 45.2 Å². The third-order valence-electron chi connectivity index (χ3n) is 1.34. The molecule has 1 N–H and O–H groups in total. The standard InChI is InChI=1S/C7H5I2NO/c8-6-3-5(4-10)1-2-7(6,9)11/h1-3,6,11H. The van der Waals surface area contributed by atoms with Crippen molar-refractivity contribution in [2.24, 2.45) is 0 Å². The molecule has 1 aliphatic rings. The number of nitrogens with zero attached hydrogens (tertiary/aromatic N) is 1. The predicted molar refractivity (Wildman–Crippen MR) is 59.6 cm³/mol. The zero-order chi connectivity index (χ0) is 8.48. The lowest BCUT2D eigenvalue weighted by Crippen LogP contribution is -2.29. The molecule has 0 radical (unpaired) electrons. The Morgan fingerprint density at radius 3 is 2.82 bits per heavy atom. The quantitative estimate of drug-likeness (QED) is 0.521. The zero-order valence-electron chi connectivity index (χ0n) is 5.46. The summed E-state index contributed by atoms with van der Waals surface area (Å²) in [7, 11) is 0. The normalized spacial score (nSPS) is 36.2. The first-order valence-electron chi connectivity index (χ1n) is 2.93. The fourth-order valence-electron chi connectivity index (χ4n) is 0.703. The molecule has 2 nitrogen and oxygen atoms in total. The van der Waals surface area contributed by atoms with Crippen molar-refractivity contribution in [3.63, 3.8) is 0 Å². The van der Waals surface area contributed by atoms with Crippen LogP contribution in [0.4, 0.5) is 0 Å². The molecule has 0 amide bonds. The van der Waals surface area contributed by atoms with Gasteiger partial charge in [-0.1, -0.05) is 22.6 Å². The van der Waals surface area contributed by atoms with Crippen molar-refractivity contribution in [1.29, 1.82) is 5.26 Å².